The highest BCUT2D eigenvalue weighted by molar-refractivity contribution is 7.26. The van der Waals surface area contributed by atoms with E-state index in [1.807, 2.05) is 11.3 Å². The molecule has 0 spiro atoms. The van der Waals surface area contributed by atoms with Gasteiger partial charge in [0.1, 0.15) is 0 Å². The molecule has 1 aromatic heterocycles. The molecular weight excluding hydrogens is 623 g/mol. The maximum atomic E-state index is 2.41. The molecule has 10 aromatic rings. The fourth-order valence-corrected chi connectivity index (χ4v) is 8.75. The van der Waals surface area contributed by atoms with Crippen molar-refractivity contribution in [2.24, 2.45) is 0 Å². The van der Waals surface area contributed by atoms with Crippen LogP contribution in [0, 0.1) is 0 Å². The number of hydrogen-bond donors (Lipinski definition) is 0. The SMILES string of the molecule is c1ccc(-c2ccc(N(c3ccc(-c4ccc5c(ccc6ccc7ccccc7c65)c4)cc3)c3cccc4sc5ccccc5c34)cc2)cc1. The van der Waals surface area contributed by atoms with Crippen LogP contribution in [-0.4, -0.2) is 0 Å². The first-order chi connectivity index (χ1) is 24.8. The minimum absolute atomic E-state index is 1.13. The summed E-state index contributed by atoms with van der Waals surface area (Å²) in [6.07, 6.45) is 0. The van der Waals surface area contributed by atoms with E-state index in [0.29, 0.717) is 0 Å². The van der Waals surface area contributed by atoms with Crippen LogP contribution < -0.4 is 4.90 Å². The van der Waals surface area contributed by atoms with Gasteiger partial charge in [-0.1, -0.05) is 140 Å². The van der Waals surface area contributed by atoms with Crippen molar-refractivity contribution in [3.63, 3.8) is 0 Å². The molecule has 0 unspecified atom stereocenters. The first-order valence-corrected chi connectivity index (χ1v) is 17.9. The van der Waals surface area contributed by atoms with Crippen LogP contribution in [0.25, 0.3) is 74.7 Å². The van der Waals surface area contributed by atoms with Crippen LogP contribution in [0.1, 0.15) is 0 Å². The summed E-state index contributed by atoms with van der Waals surface area (Å²) in [4.78, 5) is 2.41. The average molecular weight is 654 g/mol. The van der Waals surface area contributed by atoms with Crippen LogP contribution in [0.3, 0.4) is 0 Å². The minimum atomic E-state index is 1.13. The molecule has 0 saturated heterocycles. The molecule has 2 heteroatoms. The fourth-order valence-electron chi connectivity index (χ4n) is 7.62. The summed E-state index contributed by atoms with van der Waals surface area (Å²) in [5, 5.41) is 10.3. The molecule has 0 atom stereocenters. The molecule has 0 aliphatic heterocycles. The monoisotopic (exact) mass is 653 g/mol. The van der Waals surface area contributed by atoms with Crippen molar-refractivity contribution in [3.05, 3.63) is 188 Å². The number of thiophene rings is 1. The van der Waals surface area contributed by atoms with Gasteiger partial charge in [0, 0.05) is 31.5 Å². The van der Waals surface area contributed by atoms with Crippen molar-refractivity contribution in [1.29, 1.82) is 0 Å². The van der Waals surface area contributed by atoms with Crippen LogP contribution in [0.2, 0.25) is 0 Å². The highest BCUT2D eigenvalue weighted by Gasteiger charge is 2.19. The van der Waals surface area contributed by atoms with Crippen molar-refractivity contribution in [1.82, 2.24) is 0 Å². The van der Waals surface area contributed by atoms with E-state index in [1.54, 1.807) is 0 Å². The van der Waals surface area contributed by atoms with E-state index in [-0.39, 0.29) is 0 Å². The Morgan fingerprint density at radius 2 is 0.880 bits per heavy atom. The first kappa shape index (κ1) is 28.8. The highest BCUT2D eigenvalue weighted by atomic mass is 32.1. The molecule has 234 valence electrons. The number of fused-ring (bicyclic) bond motifs is 8. The third-order valence-electron chi connectivity index (χ3n) is 10.0. The molecular formula is C48H31NS. The summed E-state index contributed by atoms with van der Waals surface area (Å²) in [6, 6.07) is 68.7. The maximum absolute atomic E-state index is 2.41. The molecule has 0 aliphatic rings. The number of nitrogens with zero attached hydrogens (tertiary/aromatic N) is 1. The zero-order valence-electron chi connectivity index (χ0n) is 27.3. The molecule has 0 N–H and O–H groups in total. The van der Waals surface area contributed by atoms with Crippen molar-refractivity contribution in [2.45, 2.75) is 0 Å². The molecule has 0 fully saturated rings. The van der Waals surface area contributed by atoms with Gasteiger partial charge in [0.2, 0.25) is 0 Å². The Morgan fingerprint density at radius 3 is 1.66 bits per heavy atom. The Labute approximate surface area is 294 Å². The summed E-state index contributed by atoms with van der Waals surface area (Å²) >= 11 is 1.86. The number of rotatable bonds is 5. The smallest absolute Gasteiger partial charge is 0.0554 e. The second-order valence-electron chi connectivity index (χ2n) is 12.9. The predicted molar refractivity (Wildman–Crippen MR) is 217 cm³/mol. The van der Waals surface area contributed by atoms with Crippen LogP contribution in [0.15, 0.2) is 188 Å². The third kappa shape index (κ3) is 4.76. The lowest BCUT2D eigenvalue weighted by molar-refractivity contribution is 1.30. The van der Waals surface area contributed by atoms with Gasteiger partial charge in [-0.3, -0.25) is 0 Å². The maximum Gasteiger partial charge on any atom is 0.0554 e. The second kappa shape index (κ2) is 11.7. The molecule has 0 bridgehead atoms. The highest BCUT2D eigenvalue weighted by Crippen LogP contribution is 2.45. The normalized spacial score (nSPS) is 11.6. The first-order valence-electron chi connectivity index (χ1n) is 17.1. The molecule has 0 saturated carbocycles. The summed E-state index contributed by atoms with van der Waals surface area (Å²) < 4.78 is 2.60. The van der Waals surface area contributed by atoms with E-state index < -0.39 is 0 Å². The zero-order chi connectivity index (χ0) is 33.0. The number of benzene rings is 9. The summed E-state index contributed by atoms with van der Waals surface area (Å²) in [5.74, 6) is 0. The predicted octanol–water partition coefficient (Wildman–Crippen LogP) is 14.3. The largest absolute Gasteiger partial charge is 0.310 e. The lowest BCUT2D eigenvalue weighted by Gasteiger charge is -2.27. The molecule has 10 rings (SSSR count). The zero-order valence-corrected chi connectivity index (χ0v) is 28.1. The molecule has 1 nitrogen and oxygen atoms in total. The van der Waals surface area contributed by atoms with Gasteiger partial charge in [0.25, 0.3) is 0 Å². The van der Waals surface area contributed by atoms with E-state index in [4.69, 9.17) is 0 Å². The van der Waals surface area contributed by atoms with Gasteiger partial charge in [-0.15, -0.1) is 11.3 Å². The Kier molecular flexibility index (Phi) is 6.75. The number of hydrogen-bond acceptors (Lipinski definition) is 2. The van der Waals surface area contributed by atoms with Crippen molar-refractivity contribution >= 4 is 80.9 Å². The van der Waals surface area contributed by atoms with Crippen molar-refractivity contribution in [2.75, 3.05) is 4.90 Å². The molecule has 9 aromatic carbocycles. The van der Waals surface area contributed by atoms with Gasteiger partial charge in [-0.05, 0) is 103 Å². The van der Waals surface area contributed by atoms with E-state index in [9.17, 15) is 0 Å². The van der Waals surface area contributed by atoms with Gasteiger partial charge in [0.05, 0.1) is 5.69 Å². The van der Waals surface area contributed by atoms with E-state index >= 15 is 0 Å². The fraction of sp³-hybridized carbons (Fsp3) is 0. The Bertz CT molecular complexity index is 2850. The van der Waals surface area contributed by atoms with E-state index in [2.05, 4.69) is 193 Å². The van der Waals surface area contributed by atoms with Gasteiger partial charge in [-0.2, -0.15) is 0 Å². The molecule has 0 amide bonds. The lowest BCUT2D eigenvalue weighted by atomic mass is 9.94. The van der Waals surface area contributed by atoms with Gasteiger partial charge in [0.15, 0.2) is 0 Å². The molecule has 1 heterocycles. The van der Waals surface area contributed by atoms with Crippen LogP contribution in [0.4, 0.5) is 17.1 Å². The third-order valence-corrected chi connectivity index (χ3v) is 11.2. The molecule has 0 radical (unpaired) electrons. The van der Waals surface area contributed by atoms with Crippen LogP contribution in [-0.2, 0) is 0 Å². The average Bonchev–Trinajstić information content (AvgIpc) is 3.58. The Morgan fingerprint density at radius 1 is 0.320 bits per heavy atom. The quantitative estimate of drug-likeness (QED) is 0.167. The Hall–Kier alpha value is -6.22. The van der Waals surface area contributed by atoms with Gasteiger partial charge < -0.3 is 4.90 Å². The van der Waals surface area contributed by atoms with Crippen LogP contribution in [0.5, 0.6) is 0 Å². The van der Waals surface area contributed by atoms with Gasteiger partial charge in [-0.25, -0.2) is 0 Å². The standard InChI is InChI=1S/C48H31NS/c1-2-9-32(10-3-1)33-21-26-39(27-22-33)49(44-14-8-16-46-48(44)43-13-6-7-15-45(43)50-46)40-28-23-34(24-29-40)37-25-30-42-38(31-37)20-19-36-18-17-35-11-4-5-12-41(35)47(36)42/h1-31H. The topological polar surface area (TPSA) is 3.24 Å². The summed E-state index contributed by atoms with van der Waals surface area (Å²) in [6.45, 7) is 0. The molecule has 50 heavy (non-hydrogen) atoms. The second-order valence-corrected chi connectivity index (χ2v) is 14.0. The van der Waals surface area contributed by atoms with E-state index in [0.717, 1.165) is 11.4 Å². The summed E-state index contributed by atoms with van der Waals surface area (Å²) in [7, 11) is 0. The Balaban J connectivity index is 1.09. The molecule has 0 aliphatic carbocycles. The van der Waals surface area contributed by atoms with Crippen molar-refractivity contribution < 1.29 is 0 Å². The van der Waals surface area contributed by atoms with E-state index in [1.165, 1.54) is 80.4 Å². The summed E-state index contributed by atoms with van der Waals surface area (Å²) in [5.41, 5.74) is 8.29. The minimum Gasteiger partial charge on any atom is -0.310 e. The van der Waals surface area contributed by atoms with Gasteiger partial charge >= 0.3 is 0 Å². The lowest BCUT2D eigenvalue weighted by Crippen LogP contribution is -2.10. The van der Waals surface area contributed by atoms with Crippen LogP contribution >= 0.6 is 11.3 Å². The number of anilines is 3. The van der Waals surface area contributed by atoms with Crippen molar-refractivity contribution in [3.8, 4) is 22.3 Å².